The Labute approximate surface area is 134 Å². The summed E-state index contributed by atoms with van der Waals surface area (Å²) in [5, 5.41) is 7.72. The van der Waals surface area contributed by atoms with E-state index in [0.29, 0.717) is 6.42 Å². The van der Waals surface area contributed by atoms with Crippen LogP contribution in [0.3, 0.4) is 0 Å². The maximum absolute atomic E-state index is 11.9. The minimum atomic E-state index is -4.00. The molecule has 9 heteroatoms. The fourth-order valence-electron chi connectivity index (χ4n) is 2.89. The number of carbonyl (C=O) groups excluding carboxylic acids is 2. The topological polar surface area (TPSA) is 120 Å². The number of rotatable bonds is 4. The molecule has 23 heavy (non-hydrogen) atoms. The Hall–Kier alpha value is -1.92. The third kappa shape index (κ3) is 3.38. The zero-order valence-electron chi connectivity index (χ0n) is 12.7. The lowest BCUT2D eigenvalue weighted by molar-refractivity contribution is -0.166. The van der Waals surface area contributed by atoms with Crippen molar-refractivity contribution in [2.75, 3.05) is 6.61 Å². The van der Waals surface area contributed by atoms with Crippen LogP contribution in [0, 0.1) is 23.2 Å². The maximum Gasteiger partial charge on any atom is 0.344 e. The van der Waals surface area contributed by atoms with Gasteiger partial charge in [0.25, 0.3) is 10.1 Å². The average Bonchev–Trinajstić information content (AvgIpc) is 2.67. The van der Waals surface area contributed by atoms with Gasteiger partial charge in [0.15, 0.2) is 11.9 Å². The van der Waals surface area contributed by atoms with E-state index in [-0.39, 0.29) is 11.5 Å². The molecule has 1 saturated carbocycles. The number of hydrogen-bond donors (Lipinski definition) is 0. The van der Waals surface area contributed by atoms with Crippen molar-refractivity contribution in [2.45, 2.75) is 37.7 Å². The average molecular weight is 343 g/mol. The second kappa shape index (κ2) is 6.29. The van der Waals surface area contributed by atoms with Crippen molar-refractivity contribution in [1.82, 2.24) is 0 Å². The highest BCUT2D eigenvalue weighted by Crippen LogP contribution is 2.45. The monoisotopic (exact) mass is 343 g/mol. The van der Waals surface area contributed by atoms with Crippen molar-refractivity contribution < 1.29 is 31.7 Å². The molecular weight excluding hydrogens is 326 g/mol. The molecule has 1 heterocycles. The molecule has 0 radical (unpaired) electrons. The summed E-state index contributed by atoms with van der Waals surface area (Å²) in [5.41, 5.74) is 0.142. The van der Waals surface area contributed by atoms with Crippen LogP contribution < -0.4 is 0 Å². The van der Waals surface area contributed by atoms with Gasteiger partial charge in [0.05, 0.1) is 6.07 Å². The molecule has 2 fully saturated rings. The van der Waals surface area contributed by atoms with Crippen LogP contribution in [-0.2, 0) is 33.4 Å². The Morgan fingerprint density at radius 3 is 2.65 bits per heavy atom. The molecule has 0 spiro atoms. The lowest BCUT2D eigenvalue weighted by Crippen LogP contribution is -2.48. The van der Waals surface area contributed by atoms with Crippen molar-refractivity contribution in [3.63, 3.8) is 0 Å². The van der Waals surface area contributed by atoms with Gasteiger partial charge in [-0.15, -0.1) is 0 Å². The zero-order valence-corrected chi connectivity index (χ0v) is 13.5. The van der Waals surface area contributed by atoms with Crippen LogP contribution in [-0.4, -0.2) is 44.4 Å². The molecule has 2 rings (SSSR count). The van der Waals surface area contributed by atoms with Gasteiger partial charge in [0.2, 0.25) is 0 Å². The summed E-state index contributed by atoms with van der Waals surface area (Å²) in [7, 11) is -4.00. The molecular formula is C14H17NO7S. The largest absolute Gasteiger partial charge is 0.457 e. The predicted molar refractivity (Wildman–Crippen MR) is 76.1 cm³/mol. The second-order valence-corrected chi connectivity index (χ2v) is 7.48. The van der Waals surface area contributed by atoms with Gasteiger partial charge in [-0.05, 0) is 19.3 Å². The smallest absolute Gasteiger partial charge is 0.344 e. The number of nitrogens with zero attached hydrogens (tertiary/aromatic N) is 1. The quantitative estimate of drug-likeness (QED) is 0.406. The number of nitriles is 1. The van der Waals surface area contributed by atoms with Gasteiger partial charge in [0.1, 0.15) is 12.2 Å². The van der Waals surface area contributed by atoms with Crippen molar-refractivity contribution in [1.29, 1.82) is 5.26 Å². The van der Waals surface area contributed by atoms with E-state index in [2.05, 4.69) is 11.3 Å². The normalized spacial score (nSPS) is 34.2. The Balaban J connectivity index is 2.06. The molecule has 5 atom stereocenters. The standard InChI is InChI=1S/C14H17NO7S/c1-7(2)14(17)20-6-11(16)21-13-9-4-8(3)12(13)22-23(18,19)10(9)5-15/h8-10,12-13H,1,4,6H2,2-3H3. The Morgan fingerprint density at radius 1 is 1.43 bits per heavy atom. The van der Waals surface area contributed by atoms with E-state index < -0.39 is 52.0 Å². The number of carbonyl (C=O) groups is 2. The van der Waals surface area contributed by atoms with Crippen LogP contribution in [0.1, 0.15) is 20.3 Å². The fraction of sp³-hybridized carbons (Fsp3) is 0.643. The minimum Gasteiger partial charge on any atom is -0.457 e. The van der Waals surface area contributed by atoms with Crippen LogP contribution in [0.4, 0.5) is 0 Å². The highest BCUT2D eigenvalue weighted by molar-refractivity contribution is 7.87. The summed E-state index contributed by atoms with van der Waals surface area (Å²) in [4.78, 5) is 23.0. The molecule has 0 N–H and O–H groups in total. The zero-order chi connectivity index (χ0) is 17.4. The van der Waals surface area contributed by atoms with Crippen LogP contribution in [0.2, 0.25) is 0 Å². The maximum atomic E-state index is 11.9. The number of hydrogen-bond acceptors (Lipinski definition) is 8. The summed E-state index contributed by atoms with van der Waals surface area (Å²) in [6.45, 7) is 5.97. The van der Waals surface area contributed by atoms with E-state index in [9.17, 15) is 18.0 Å². The molecule has 1 aliphatic carbocycles. The molecule has 2 bridgehead atoms. The molecule has 126 valence electrons. The predicted octanol–water partition coefficient (Wildman–Crippen LogP) is 0.294. The van der Waals surface area contributed by atoms with Crippen molar-refractivity contribution in [3.05, 3.63) is 12.2 Å². The van der Waals surface area contributed by atoms with E-state index in [1.807, 2.05) is 0 Å². The Kier molecular flexibility index (Phi) is 4.77. The first kappa shape index (κ1) is 17.4. The first-order chi connectivity index (χ1) is 10.7. The summed E-state index contributed by atoms with van der Waals surface area (Å²) >= 11 is 0. The van der Waals surface area contributed by atoms with E-state index in [0.717, 1.165) is 0 Å². The van der Waals surface area contributed by atoms with Gasteiger partial charge in [-0.2, -0.15) is 13.7 Å². The third-order valence-corrected chi connectivity index (χ3v) is 5.53. The highest BCUT2D eigenvalue weighted by Gasteiger charge is 2.58. The van der Waals surface area contributed by atoms with E-state index in [1.165, 1.54) is 6.92 Å². The number of ether oxygens (including phenoxy) is 2. The van der Waals surface area contributed by atoms with Crippen LogP contribution in [0.15, 0.2) is 12.2 Å². The van der Waals surface area contributed by atoms with E-state index >= 15 is 0 Å². The van der Waals surface area contributed by atoms with Gasteiger partial charge in [0, 0.05) is 11.5 Å². The van der Waals surface area contributed by atoms with Gasteiger partial charge < -0.3 is 9.47 Å². The molecule has 1 saturated heterocycles. The lowest BCUT2D eigenvalue weighted by atomic mass is 10.0. The number of esters is 2. The Morgan fingerprint density at radius 2 is 2.09 bits per heavy atom. The third-order valence-electron chi connectivity index (χ3n) is 3.96. The van der Waals surface area contributed by atoms with Gasteiger partial charge in [-0.1, -0.05) is 13.5 Å². The molecule has 8 nitrogen and oxygen atoms in total. The number of fused-ring (bicyclic) bond motifs is 2. The SMILES string of the molecule is C=C(C)C(=O)OCC(=O)OC1C2CC(C)C1OS(=O)(=O)C2C#N. The molecule has 0 aromatic heterocycles. The lowest BCUT2D eigenvalue weighted by Gasteiger charge is -2.32. The summed E-state index contributed by atoms with van der Waals surface area (Å²) in [6, 6.07) is 1.71. The van der Waals surface area contributed by atoms with Gasteiger partial charge >= 0.3 is 11.9 Å². The van der Waals surface area contributed by atoms with Crippen LogP contribution in [0.5, 0.6) is 0 Å². The first-order valence-corrected chi connectivity index (χ1v) is 8.48. The molecule has 0 aromatic rings. The second-order valence-electron chi connectivity index (χ2n) is 5.79. The van der Waals surface area contributed by atoms with Gasteiger partial charge in [-0.25, -0.2) is 9.59 Å². The molecule has 0 amide bonds. The van der Waals surface area contributed by atoms with Crippen molar-refractivity contribution in [2.24, 2.45) is 11.8 Å². The van der Waals surface area contributed by atoms with Crippen LogP contribution in [0.25, 0.3) is 0 Å². The van der Waals surface area contributed by atoms with E-state index in [1.54, 1.807) is 13.0 Å². The summed E-state index contributed by atoms with van der Waals surface area (Å²) in [5.74, 6) is -2.38. The van der Waals surface area contributed by atoms with E-state index in [4.69, 9.17) is 14.2 Å². The summed E-state index contributed by atoms with van der Waals surface area (Å²) < 4.78 is 38.7. The molecule has 1 aliphatic heterocycles. The van der Waals surface area contributed by atoms with Crippen LogP contribution >= 0.6 is 0 Å². The fourth-order valence-corrected chi connectivity index (χ4v) is 4.44. The van der Waals surface area contributed by atoms with Gasteiger partial charge in [-0.3, -0.25) is 4.18 Å². The van der Waals surface area contributed by atoms with Crippen molar-refractivity contribution >= 4 is 22.1 Å². The minimum absolute atomic E-state index is 0.142. The molecule has 2 aliphatic rings. The molecule has 0 aromatic carbocycles. The molecule has 5 unspecified atom stereocenters. The Bertz CT molecular complexity index is 678. The highest BCUT2D eigenvalue weighted by atomic mass is 32.2. The van der Waals surface area contributed by atoms with Crippen molar-refractivity contribution in [3.8, 4) is 6.07 Å². The summed E-state index contributed by atoms with van der Waals surface area (Å²) in [6.07, 6.45) is -1.28. The first-order valence-electron chi connectivity index (χ1n) is 7.01.